The molecule has 112 valence electrons. The van der Waals surface area contributed by atoms with Gasteiger partial charge < -0.3 is 10.2 Å². The van der Waals surface area contributed by atoms with Crippen LogP contribution in [0.4, 0.5) is 0 Å². The van der Waals surface area contributed by atoms with E-state index in [0.29, 0.717) is 6.42 Å². The first-order valence-corrected chi connectivity index (χ1v) is 8.33. The summed E-state index contributed by atoms with van der Waals surface area (Å²) < 4.78 is 0. The Kier molecular flexibility index (Phi) is 6.50. The molecule has 0 radical (unpaired) electrons. The Bertz CT molecular complexity index is 388. The first-order chi connectivity index (χ1) is 9.75. The minimum absolute atomic E-state index is 0.275. The minimum atomic E-state index is 0.275. The molecule has 1 fully saturated rings. The summed E-state index contributed by atoms with van der Waals surface area (Å²) in [6, 6.07) is 4.21. The van der Waals surface area contributed by atoms with E-state index < -0.39 is 0 Å². The Labute approximate surface area is 125 Å². The van der Waals surface area contributed by atoms with Gasteiger partial charge in [-0.1, -0.05) is 6.07 Å². The molecule has 20 heavy (non-hydrogen) atoms. The van der Waals surface area contributed by atoms with Gasteiger partial charge >= 0.3 is 0 Å². The Hall–Kier alpha value is -0.910. The number of nitrogens with one attached hydrogen (secondary N) is 1. The smallest absolute Gasteiger partial charge is 0.222 e. The van der Waals surface area contributed by atoms with Crippen molar-refractivity contribution < 1.29 is 4.79 Å². The molecule has 2 heterocycles. The maximum absolute atomic E-state index is 12.0. The first kappa shape index (κ1) is 15.5. The number of amides is 1. The lowest BCUT2D eigenvalue weighted by atomic mass is 10.2. The molecule has 1 aromatic heterocycles. The maximum Gasteiger partial charge on any atom is 0.222 e. The van der Waals surface area contributed by atoms with Gasteiger partial charge in [0.15, 0.2) is 0 Å². The quantitative estimate of drug-likeness (QED) is 0.827. The zero-order valence-corrected chi connectivity index (χ0v) is 13.1. The van der Waals surface area contributed by atoms with Crippen molar-refractivity contribution in [1.82, 2.24) is 15.1 Å². The average molecular weight is 295 g/mol. The van der Waals surface area contributed by atoms with Gasteiger partial charge in [0.05, 0.1) is 0 Å². The van der Waals surface area contributed by atoms with E-state index in [4.69, 9.17) is 0 Å². The number of hydrogen-bond donors (Lipinski definition) is 1. The zero-order valence-electron chi connectivity index (χ0n) is 12.3. The molecule has 4 nitrogen and oxygen atoms in total. The predicted molar refractivity (Wildman–Crippen MR) is 84.2 cm³/mol. The number of hydrogen-bond acceptors (Lipinski definition) is 4. The highest BCUT2D eigenvalue weighted by molar-refractivity contribution is 7.09. The molecule has 1 aromatic rings. The fourth-order valence-corrected chi connectivity index (χ4v) is 3.16. The number of thiophene rings is 1. The topological polar surface area (TPSA) is 35.6 Å². The lowest BCUT2D eigenvalue weighted by Gasteiger charge is -2.29. The molecule has 1 aliphatic rings. The van der Waals surface area contributed by atoms with Crippen molar-refractivity contribution in [3.8, 4) is 0 Å². The number of piperazine rings is 1. The predicted octanol–water partition coefficient (Wildman–Crippen LogP) is 1.43. The van der Waals surface area contributed by atoms with E-state index in [0.717, 1.165) is 52.1 Å². The molecule has 1 saturated heterocycles. The molecule has 0 aromatic carbocycles. The Morgan fingerprint density at radius 1 is 1.45 bits per heavy atom. The van der Waals surface area contributed by atoms with E-state index in [9.17, 15) is 4.79 Å². The normalized spacial score (nSPS) is 16.2. The van der Waals surface area contributed by atoms with Crippen molar-refractivity contribution in [1.29, 1.82) is 0 Å². The SMILES string of the molecule is CN(CCN1CCNCC1)C(=O)CCCc1cccs1. The van der Waals surface area contributed by atoms with Crippen molar-refractivity contribution in [2.45, 2.75) is 19.3 Å². The molecule has 5 heteroatoms. The average Bonchev–Trinajstić information content (AvgIpc) is 2.99. The monoisotopic (exact) mass is 295 g/mol. The highest BCUT2D eigenvalue weighted by atomic mass is 32.1. The van der Waals surface area contributed by atoms with Crippen LogP contribution in [-0.2, 0) is 11.2 Å². The lowest BCUT2D eigenvalue weighted by Crippen LogP contribution is -2.46. The molecule has 0 saturated carbocycles. The molecule has 0 unspecified atom stereocenters. The summed E-state index contributed by atoms with van der Waals surface area (Å²) >= 11 is 1.77. The van der Waals surface area contributed by atoms with Crippen molar-refractivity contribution in [2.75, 3.05) is 46.3 Å². The second kappa shape index (κ2) is 8.39. The lowest BCUT2D eigenvalue weighted by molar-refractivity contribution is -0.130. The number of rotatable bonds is 7. The highest BCUT2D eigenvalue weighted by Crippen LogP contribution is 2.12. The standard InChI is InChI=1S/C15H25N3OS/c1-17(11-12-18-9-7-16-8-10-18)15(19)6-2-4-14-5-3-13-20-14/h3,5,13,16H,2,4,6-12H2,1H3. The summed E-state index contributed by atoms with van der Waals surface area (Å²) in [7, 11) is 1.93. The summed E-state index contributed by atoms with van der Waals surface area (Å²) in [5.74, 6) is 0.275. The summed E-state index contributed by atoms with van der Waals surface area (Å²) in [4.78, 5) is 17.7. The summed E-state index contributed by atoms with van der Waals surface area (Å²) in [5.41, 5.74) is 0. The van der Waals surface area contributed by atoms with Crippen LogP contribution in [0.25, 0.3) is 0 Å². The van der Waals surface area contributed by atoms with Gasteiger partial charge in [0.25, 0.3) is 0 Å². The van der Waals surface area contributed by atoms with Crippen molar-refractivity contribution >= 4 is 17.2 Å². The summed E-state index contributed by atoms with van der Waals surface area (Å²) in [6.45, 7) is 6.17. The molecule has 0 spiro atoms. The summed E-state index contributed by atoms with van der Waals surface area (Å²) in [6.07, 6.45) is 2.64. The largest absolute Gasteiger partial charge is 0.344 e. The van der Waals surface area contributed by atoms with Gasteiger partial charge in [0.2, 0.25) is 5.91 Å². The van der Waals surface area contributed by atoms with Gasteiger partial charge in [0, 0.05) is 57.6 Å². The Morgan fingerprint density at radius 3 is 2.95 bits per heavy atom. The zero-order chi connectivity index (χ0) is 14.2. The number of nitrogens with zero attached hydrogens (tertiary/aromatic N) is 2. The van der Waals surface area contributed by atoms with Crippen LogP contribution < -0.4 is 5.32 Å². The van der Waals surface area contributed by atoms with Crippen LogP contribution >= 0.6 is 11.3 Å². The second-order valence-electron chi connectivity index (χ2n) is 5.34. The van der Waals surface area contributed by atoms with Crippen LogP contribution in [0.1, 0.15) is 17.7 Å². The van der Waals surface area contributed by atoms with Crippen molar-refractivity contribution in [2.24, 2.45) is 0 Å². The molecular formula is C15H25N3OS. The molecular weight excluding hydrogens is 270 g/mol. The van der Waals surface area contributed by atoms with Crippen LogP contribution in [0.3, 0.4) is 0 Å². The van der Waals surface area contributed by atoms with Gasteiger partial charge in [-0.15, -0.1) is 11.3 Å². The maximum atomic E-state index is 12.0. The molecule has 0 bridgehead atoms. The molecule has 1 aliphatic heterocycles. The van der Waals surface area contributed by atoms with Crippen molar-refractivity contribution in [3.05, 3.63) is 22.4 Å². The molecule has 0 aliphatic carbocycles. The van der Waals surface area contributed by atoms with Crippen LogP contribution in [0.15, 0.2) is 17.5 Å². The van der Waals surface area contributed by atoms with Gasteiger partial charge in [-0.05, 0) is 24.3 Å². The van der Waals surface area contributed by atoms with E-state index in [1.165, 1.54) is 4.88 Å². The summed E-state index contributed by atoms with van der Waals surface area (Å²) in [5, 5.41) is 5.44. The van der Waals surface area contributed by atoms with E-state index >= 15 is 0 Å². The minimum Gasteiger partial charge on any atom is -0.344 e. The second-order valence-corrected chi connectivity index (χ2v) is 6.37. The number of carbonyl (C=O) groups is 1. The first-order valence-electron chi connectivity index (χ1n) is 7.45. The van der Waals surface area contributed by atoms with Gasteiger partial charge in [-0.2, -0.15) is 0 Å². The highest BCUT2D eigenvalue weighted by Gasteiger charge is 2.13. The van der Waals surface area contributed by atoms with Gasteiger partial charge in [-0.25, -0.2) is 0 Å². The van der Waals surface area contributed by atoms with Crippen LogP contribution in [0.2, 0.25) is 0 Å². The van der Waals surface area contributed by atoms with E-state index in [1.54, 1.807) is 11.3 Å². The number of likely N-dealkylation sites (N-methyl/N-ethyl adjacent to an activating group) is 1. The van der Waals surface area contributed by atoms with E-state index in [2.05, 4.69) is 27.7 Å². The third-order valence-corrected chi connectivity index (χ3v) is 4.72. The van der Waals surface area contributed by atoms with Gasteiger partial charge in [-0.3, -0.25) is 9.69 Å². The molecule has 1 amide bonds. The third-order valence-electron chi connectivity index (χ3n) is 3.78. The van der Waals surface area contributed by atoms with Crippen LogP contribution in [-0.4, -0.2) is 62.0 Å². The third kappa shape index (κ3) is 5.23. The van der Waals surface area contributed by atoms with Crippen LogP contribution in [0.5, 0.6) is 0 Å². The fourth-order valence-electron chi connectivity index (χ4n) is 2.41. The van der Waals surface area contributed by atoms with Crippen LogP contribution in [0, 0.1) is 0 Å². The van der Waals surface area contributed by atoms with E-state index in [-0.39, 0.29) is 5.91 Å². The van der Waals surface area contributed by atoms with Gasteiger partial charge in [0.1, 0.15) is 0 Å². The van der Waals surface area contributed by atoms with E-state index in [1.807, 2.05) is 11.9 Å². The number of aryl methyl sites for hydroxylation is 1. The Balaban J connectivity index is 1.58. The molecule has 2 rings (SSSR count). The molecule has 1 N–H and O–H groups in total. The number of carbonyl (C=O) groups excluding carboxylic acids is 1. The molecule has 0 atom stereocenters. The fraction of sp³-hybridized carbons (Fsp3) is 0.667. The Morgan fingerprint density at radius 2 is 2.25 bits per heavy atom. The van der Waals surface area contributed by atoms with Crippen molar-refractivity contribution in [3.63, 3.8) is 0 Å².